The Labute approximate surface area is 106 Å². The van der Waals surface area contributed by atoms with Crippen LogP contribution in [0.4, 0.5) is 0 Å². The number of carbonyl (C=O) groups excluding carboxylic acids is 2. The van der Waals surface area contributed by atoms with Crippen LogP contribution in [0.1, 0.15) is 24.7 Å². The molecule has 0 fully saturated rings. The van der Waals surface area contributed by atoms with E-state index in [1.54, 1.807) is 6.33 Å². The van der Waals surface area contributed by atoms with E-state index in [1.165, 1.54) is 6.92 Å². The van der Waals surface area contributed by atoms with Crippen LogP contribution in [0.5, 0.6) is 0 Å². The van der Waals surface area contributed by atoms with E-state index < -0.39 is 0 Å². The van der Waals surface area contributed by atoms with Crippen molar-refractivity contribution in [2.24, 2.45) is 5.92 Å². The molecule has 0 bridgehead atoms. The number of nitrogens with zero attached hydrogens (tertiary/aromatic N) is 1. The van der Waals surface area contributed by atoms with Gasteiger partial charge in [0.25, 0.3) is 0 Å². The molecule has 1 aliphatic rings. The predicted octanol–water partition coefficient (Wildman–Crippen LogP) is -0.233. The molecule has 6 heteroatoms. The second kappa shape index (κ2) is 5.66. The number of imidazole rings is 1. The van der Waals surface area contributed by atoms with E-state index in [0.29, 0.717) is 13.1 Å². The Morgan fingerprint density at radius 2 is 2.22 bits per heavy atom. The molecule has 0 spiro atoms. The van der Waals surface area contributed by atoms with Gasteiger partial charge in [-0.25, -0.2) is 4.98 Å². The molecule has 1 unspecified atom stereocenters. The molecule has 1 aromatic rings. The van der Waals surface area contributed by atoms with Crippen LogP contribution in [0.2, 0.25) is 0 Å². The number of hydrogen-bond donors (Lipinski definition) is 3. The highest BCUT2D eigenvalue weighted by atomic mass is 16.2. The number of H-pyrrole nitrogens is 1. The van der Waals surface area contributed by atoms with Crippen LogP contribution in [0.3, 0.4) is 0 Å². The van der Waals surface area contributed by atoms with Crippen molar-refractivity contribution in [3.8, 4) is 0 Å². The van der Waals surface area contributed by atoms with Crippen LogP contribution in [0, 0.1) is 5.92 Å². The number of aromatic nitrogens is 2. The minimum absolute atomic E-state index is 0.00952. The number of hydrogen-bond acceptors (Lipinski definition) is 3. The minimum Gasteiger partial charge on any atom is -0.355 e. The highest BCUT2D eigenvalue weighted by Crippen LogP contribution is 2.22. The standard InChI is InChI=1S/C12H18N4O2/c1-8(17)13-4-5-14-12(18)9-2-3-10-11(6-9)16-7-15-10/h7,9H,2-6H2,1H3,(H,13,17)(H,14,18)(H,15,16). The molecule has 18 heavy (non-hydrogen) atoms. The Morgan fingerprint density at radius 3 is 3.00 bits per heavy atom. The van der Waals surface area contributed by atoms with Gasteiger partial charge < -0.3 is 15.6 Å². The quantitative estimate of drug-likeness (QED) is 0.645. The van der Waals surface area contributed by atoms with Gasteiger partial charge in [0.2, 0.25) is 11.8 Å². The lowest BCUT2D eigenvalue weighted by Crippen LogP contribution is -2.38. The SMILES string of the molecule is CC(=O)NCCNC(=O)C1CCc2nc[nH]c2C1. The number of carbonyl (C=O) groups is 2. The van der Waals surface area contributed by atoms with Crippen LogP contribution < -0.4 is 10.6 Å². The third kappa shape index (κ3) is 3.09. The number of amides is 2. The fourth-order valence-electron chi connectivity index (χ4n) is 2.19. The van der Waals surface area contributed by atoms with Crippen molar-refractivity contribution in [3.05, 3.63) is 17.7 Å². The molecule has 98 valence electrons. The van der Waals surface area contributed by atoms with E-state index >= 15 is 0 Å². The molecule has 1 atom stereocenters. The van der Waals surface area contributed by atoms with Gasteiger partial charge in [0, 0.05) is 38.0 Å². The first kappa shape index (κ1) is 12.6. The fraction of sp³-hybridized carbons (Fsp3) is 0.583. The summed E-state index contributed by atoms with van der Waals surface area (Å²) in [7, 11) is 0. The van der Waals surface area contributed by atoms with Crippen molar-refractivity contribution >= 4 is 11.8 Å². The normalized spacial score (nSPS) is 17.9. The lowest BCUT2D eigenvalue weighted by Gasteiger charge is -2.20. The average molecular weight is 250 g/mol. The summed E-state index contributed by atoms with van der Waals surface area (Å²) in [5.74, 6) is -0.0140. The van der Waals surface area contributed by atoms with E-state index in [-0.39, 0.29) is 17.7 Å². The molecule has 0 saturated heterocycles. The number of aryl methyl sites for hydroxylation is 1. The Balaban J connectivity index is 1.75. The maximum absolute atomic E-state index is 11.9. The summed E-state index contributed by atoms with van der Waals surface area (Å²) in [4.78, 5) is 29.9. The summed E-state index contributed by atoms with van der Waals surface area (Å²) in [5.41, 5.74) is 2.15. The maximum atomic E-state index is 11.9. The van der Waals surface area contributed by atoms with Gasteiger partial charge in [-0.1, -0.05) is 0 Å². The van der Waals surface area contributed by atoms with Gasteiger partial charge >= 0.3 is 0 Å². The molecule has 0 aliphatic heterocycles. The number of aromatic amines is 1. The topological polar surface area (TPSA) is 86.9 Å². The predicted molar refractivity (Wildman–Crippen MR) is 65.8 cm³/mol. The number of rotatable bonds is 4. The first-order valence-electron chi connectivity index (χ1n) is 6.20. The molecule has 3 N–H and O–H groups in total. The molecular weight excluding hydrogens is 232 g/mol. The van der Waals surface area contributed by atoms with Gasteiger partial charge in [-0.05, 0) is 12.8 Å². The Kier molecular flexibility index (Phi) is 3.96. The lowest BCUT2D eigenvalue weighted by molar-refractivity contribution is -0.125. The molecule has 1 heterocycles. The first-order valence-corrected chi connectivity index (χ1v) is 6.20. The van der Waals surface area contributed by atoms with Crippen LogP contribution in [-0.4, -0.2) is 34.9 Å². The molecule has 6 nitrogen and oxygen atoms in total. The minimum atomic E-state index is -0.0796. The Hall–Kier alpha value is -1.85. The zero-order valence-electron chi connectivity index (χ0n) is 10.5. The monoisotopic (exact) mass is 250 g/mol. The van der Waals surface area contributed by atoms with Gasteiger partial charge in [0.05, 0.1) is 12.0 Å². The molecule has 2 amide bonds. The second-order valence-electron chi connectivity index (χ2n) is 4.54. The third-order valence-corrected chi connectivity index (χ3v) is 3.16. The van der Waals surface area contributed by atoms with Crippen molar-refractivity contribution in [1.82, 2.24) is 20.6 Å². The van der Waals surface area contributed by atoms with Gasteiger partial charge in [-0.15, -0.1) is 0 Å². The van der Waals surface area contributed by atoms with Gasteiger partial charge in [-0.3, -0.25) is 9.59 Å². The smallest absolute Gasteiger partial charge is 0.223 e. The van der Waals surface area contributed by atoms with E-state index in [0.717, 1.165) is 30.7 Å². The summed E-state index contributed by atoms with van der Waals surface area (Å²) in [6, 6.07) is 0. The number of nitrogens with one attached hydrogen (secondary N) is 3. The van der Waals surface area contributed by atoms with E-state index in [2.05, 4.69) is 20.6 Å². The van der Waals surface area contributed by atoms with Crippen molar-refractivity contribution in [2.75, 3.05) is 13.1 Å². The molecule has 2 rings (SSSR count). The fourth-order valence-corrected chi connectivity index (χ4v) is 2.19. The van der Waals surface area contributed by atoms with E-state index in [4.69, 9.17) is 0 Å². The van der Waals surface area contributed by atoms with Crippen molar-refractivity contribution in [3.63, 3.8) is 0 Å². The zero-order valence-corrected chi connectivity index (χ0v) is 10.5. The first-order chi connectivity index (χ1) is 8.66. The van der Waals surface area contributed by atoms with E-state index in [9.17, 15) is 9.59 Å². The van der Waals surface area contributed by atoms with Crippen LogP contribution >= 0.6 is 0 Å². The summed E-state index contributed by atoms with van der Waals surface area (Å²) in [6.07, 6.45) is 4.09. The molecule has 1 aromatic heterocycles. The van der Waals surface area contributed by atoms with Gasteiger partial charge in [0.1, 0.15) is 0 Å². The number of fused-ring (bicyclic) bond motifs is 1. The third-order valence-electron chi connectivity index (χ3n) is 3.16. The largest absolute Gasteiger partial charge is 0.355 e. The van der Waals surface area contributed by atoms with Crippen molar-refractivity contribution in [2.45, 2.75) is 26.2 Å². The zero-order chi connectivity index (χ0) is 13.0. The molecule has 0 saturated carbocycles. The molecular formula is C12H18N4O2. The summed E-state index contributed by atoms with van der Waals surface area (Å²) >= 11 is 0. The Morgan fingerprint density at radius 1 is 1.44 bits per heavy atom. The average Bonchev–Trinajstić information content (AvgIpc) is 2.81. The highest BCUT2D eigenvalue weighted by molar-refractivity contribution is 5.79. The van der Waals surface area contributed by atoms with Crippen LogP contribution in [0.15, 0.2) is 6.33 Å². The van der Waals surface area contributed by atoms with Gasteiger partial charge in [-0.2, -0.15) is 0 Å². The molecule has 1 aliphatic carbocycles. The second-order valence-corrected chi connectivity index (χ2v) is 4.54. The van der Waals surface area contributed by atoms with Crippen LogP contribution in [-0.2, 0) is 22.4 Å². The maximum Gasteiger partial charge on any atom is 0.223 e. The molecule has 0 radical (unpaired) electrons. The Bertz CT molecular complexity index is 441. The van der Waals surface area contributed by atoms with Crippen LogP contribution in [0.25, 0.3) is 0 Å². The lowest BCUT2D eigenvalue weighted by atomic mass is 9.89. The summed E-state index contributed by atoms with van der Waals surface area (Å²) in [5, 5.41) is 5.49. The van der Waals surface area contributed by atoms with Crippen molar-refractivity contribution < 1.29 is 9.59 Å². The van der Waals surface area contributed by atoms with Gasteiger partial charge in [0.15, 0.2) is 0 Å². The summed E-state index contributed by atoms with van der Waals surface area (Å²) < 4.78 is 0. The molecule has 0 aromatic carbocycles. The summed E-state index contributed by atoms with van der Waals surface area (Å²) in [6.45, 7) is 2.41. The van der Waals surface area contributed by atoms with E-state index in [1.807, 2.05) is 0 Å². The van der Waals surface area contributed by atoms with Crippen molar-refractivity contribution in [1.29, 1.82) is 0 Å². The highest BCUT2D eigenvalue weighted by Gasteiger charge is 2.25.